The zero-order chi connectivity index (χ0) is 9.72. The topological polar surface area (TPSA) is 0 Å². The molecular formula is C10H14F2. The van der Waals surface area contributed by atoms with E-state index in [-0.39, 0.29) is 5.56 Å². The molecule has 0 aliphatic rings. The molecule has 0 aliphatic heterocycles. The first-order valence-electron chi connectivity index (χ1n) is 4.04. The summed E-state index contributed by atoms with van der Waals surface area (Å²) in [6.07, 6.45) is 0. The smallest absolute Gasteiger partial charge is 0.131 e. The van der Waals surface area contributed by atoms with Gasteiger partial charge in [0.1, 0.15) is 11.6 Å². The lowest BCUT2D eigenvalue weighted by Gasteiger charge is -1.99. The van der Waals surface area contributed by atoms with Gasteiger partial charge in [0.25, 0.3) is 0 Å². The molecule has 1 aromatic rings. The van der Waals surface area contributed by atoms with Gasteiger partial charge in [-0.2, -0.15) is 0 Å². The van der Waals surface area contributed by atoms with Crippen molar-refractivity contribution in [3.63, 3.8) is 0 Å². The second-order valence-corrected chi connectivity index (χ2v) is 2.30. The van der Waals surface area contributed by atoms with Crippen LogP contribution in [-0.4, -0.2) is 0 Å². The van der Waals surface area contributed by atoms with Gasteiger partial charge in [0.2, 0.25) is 0 Å². The minimum atomic E-state index is -0.483. The lowest BCUT2D eigenvalue weighted by molar-refractivity contribution is 0.562. The van der Waals surface area contributed by atoms with Gasteiger partial charge in [-0.3, -0.25) is 0 Å². The van der Waals surface area contributed by atoms with Crippen molar-refractivity contribution in [2.45, 2.75) is 27.7 Å². The lowest BCUT2D eigenvalue weighted by atomic mass is 10.1. The third-order valence-corrected chi connectivity index (χ3v) is 1.51. The summed E-state index contributed by atoms with van der Waals surface area (Å²) in [4.78, 5) is 0. The Morgan fingerprint density at radius 2 is 1.50 bits per heavy atom. The van der Waals surface area contributed by atoms with Crippen LogP contribution in [0, 0.1) is 25.5 Å². The molecule has 0 atom stereocenters. The summed E-state index contributed by atoms with van der Waals surface area (Å²) in [5, 5.41) is 0. The van der Waals surface area contributed by atoms with Gasteiger partial charge >= 0.3 is 0 Å². The molecule has 0 radical (unpaired) electrons. The highest BCUT2D eigenvalue weighted by atomic mass is 19.1. The molecule has 0 nitrogen and oxygen atoms in total. The van der Waals surface area contributed by atoms with E-state index in [1.54, 1.807) is 6.92 Å². The molecule has 0 saturated carbocycles. The summed E-state index contributed by atoms with van der Waals surface area (Å²) in [7, 11) is 0. The van der Waals surface area contributed by atoms with Gasteiger partial charge in [0.15, 0.2) is 0 Å². The number of benzene rings is 1. The van der Waals surface area contributed by atoms with E-state index in [9.17, 15) is 8.78 Å². The molecule has 0 unspecified atom stereocenters. The van der Waals surface area contributed by atoms with Crippen molar-refractivity contribution in [2.75, 3.05) is 0 Å². The second-order valence-electron chi connectivity index (χ2n) is 2.30. The molecule has 0 N–H and O–H groups in total. The summed E-state index contributed by atoms with van der Waals surface area (Å²) >= 11 is 0. The molecule has 0 saturated heterocycles. The Balaban J connectivity index is 0.000000561. The third-order valence-electron chi connectivity index (χ3n) is 1.51. The average molecular weight is 172 g/mol. The molecule has 0 bridgehead atoms. The van der Waals surface area contributed by atoms with Gasteiger partial charge < -0.3 is 0 Å². The van der Waals surface area contributed by atoms with E-state index < -0.39 is 11.6 Å². The standard InChI is InChI=1S/C8H8F2.C2H6/c1-5-3-4-7(9)6(2)8(5)10;1-2/h3-4H,1-2H3;1-2H3. The number of hydrogen-bond acceptors (Lipinski definition) is 0. The Labute approximate surface area is 72.2 Å². The SMILES string of the molecule is CC.Cc1ccc(F)c(C)c1F. The van der Waals surface area contributed by atoms with E-state index in [0.717, 1.165) is 0 Å². The minimum Gasteiger partial charge on any atom is -0.207 e. The van der Waals surface area contributed by atoms with Crippen LogP contribution < -0.4 is 0 Å². The molecule has 12 heavy (non-hydrogen) atoms. The van der Waals surface area contributed by atoms with E-state index >= 15 is 0 Å². The number of hydrogen-bond donors (Lipinski definition) is 0. The van der Waals surface area contributed by atoms with Crippen LogP contribution in [0.1, 0.15) is 25.0 Å². The highest BCUT2D eigenvalue weighted by molar-refractivity contribution is 5.24. The largest absolute Gasteiger partial charge is 0.207 e. The number of rotatable bonds is 0. The quantitative estimate of drug-likeness (QED) is 0.560. The Bertz CT molecular complexity index is 227. The summed E-state index contributed by atoms with van der Waals surface area (Å²) in [6, 6.07) is 2.70. The first-order chi connectivity index (χ1) is 5.63. The average Bonchev–Trinajstić information content (AvgIpc) is 2.12. The van der Waals surface area contributed by atoms with E-state index in [0.29, 0.717) is 5.56 Å². The highest BCUT2D eigenvalue weighted by Gasteiger charge is 2.04. The Hall–Kier alpha value is -0.920. The molecule has 0 heterocycles. The van der Waals surface area contributed by atoms with Gasteiger partial charge in [-0.1, -0.05) is 19.9 Å². The Morgan fingerprint density at radius 3 is 1.92 bits per heavy atom. The zero-order valence-corrected chi connectivity index (χ0v) is 7.91. The fourth-order valence-corrected chi connectivity index (χ4v) is 0.797. The zero-order valence-electron chi connectivity index (χ0n) is 7.91. The fourth-order valence-electron chi connectivity index (χ4n) is 0.797. The lowest BCUT2D eigenvalue weighted by Crippen LogP contribution is -1.90. The summed E-state index contributed by atoms with van der Waals surface area (Å²) < 4.78 is 25.3. The van der Waals surface area contributed by atoms with Crippen molar-refractivity contribution in [1.82, 2.24) is 0 Å². The van der Waals surface area contributed by atoms with E-state index in [1.807, 2.05) is 13.8 Å². The van der Waals surface area contributed by atoms with E-state index in [2.05, 4.69) is 0 Å². The molecular weight excluding hydrogens is 158 g/mol. The predicted molar refractivity (Wildman–Crippen MR) is 47.2 cm³/mol. The molecule has 1 aromatic carbocycles. The molecule has 0 fully saturated rings. The molecule has 68 valence electrons. The van der Waals surface area contributed by atoms with Crippen molar-refractivity contribution in [3.8, 4) is 0 Å². The maximum absolute atomic E-state index is 12.8. The van der Waals surface area contributed by atoms with Crippen LogP contribution in [0.3, 0.4) is 0 Å². The first-order valence-corrected chi connectivity index (χ1v) is 4.04. The van der Waals surface area contributed by atoms with Crippen LogP contribution in [0.2, 0.25) is 0 Å². The van der Waals surface area contributed by atoms with Crippen LogP contribution in [0.15, 0.2) is 12.1 Å². The monoisotopic (exact) mass is 172 g/mol. The van der Waals surface area contributed by atoms with Crippen LogP contribution in [0.25, 0.3) is 0 Å². The van der Waals surface area contributed by atoms with Crippen molar-refractivity contribution in [3.05, 3.63) is 34.9 Å². The van der Waals surface area contributed by atoms with Gasteiger partial charge in [-0.15, -0.1) is 0 Å². The maximum Gasteiger partial charge on any atom is 0.131 e. The van der Waals surface area contributed by atoms with E-state index in [4.69, 9.17) is 0 Å². The van der Waals surface area contributed by atoms with Crippen molar-refractivity contribution in [2.24, 2.45) is 0 Å². The van der Waals surface area contributed by atoms with Gasteiger partial charge in [-0.05, 0) is 25.5 Å². The molecule has 2 heteroatoms. The second kappa shape index (κ2) is 4.86. The van der Waals surface area contributed by atoms with Crippen LogP contribution in [0.4, 0.5) is 8.78 Å². The predicted octanol–water partition coefficient (Wildman–Crippen LogP) is 3.61. The van der Waals surface area contributed by atoms with Crippen LogP contribution in [0.5, 0.6) is 0 Å². The molecule has 0 spiro atoms. The molecule has 1 rings (SSSR count). The Morgan fingerprint density at radius 1 is 1.00 bits per heavy atom. The van der Waals surface area contributed by atoms with Crippen LogP contribution >= 0.6 is 0 Å². The maximum atomic E-state index is 12.8. The van der Waals surface area contributed by atoms with Crippen molar-refractivity contribution < 1.29 is 8.78 Å². The van der Waals surface area contributed by atoms with Crippen molar-refractivity contribution in [1.29, 1.82) is 0 Å². The number of aryl methyl sites for hydroxylation is 1. The third kappa shape index (κ3) is 2.29. The van der Waals surface area contributed by atoms with Gasteiger partial charge in [0.05, 0.1) is 0 Å². The normalized spacial score (nSPS) is 8.83. The highest BCUT2D eigenvalue weighted by Crippen LogP contribution is 2.13. The fraction of sp³-hybridized carbons (Fsp3) is 0.400. The van der Waals surface area contributed by atoms with E-state index in [1.165, 1.54) is 19.1 Å². The van der Waals surface area contributed by atoms with Crippen molar-refractivity contribution >= 4 is 0 Å². The number of halogens is 2. The first kappa shape index (κ1) is 11.1. The summed E-state index contributed by atoms with van der Waals surface area (Å²) in [5.74, 6) is -0.928. The molecule has 0 aromatic heterocycles. The minimum absolute atomic E-state index is 0.0972. The van der Waals surface area contributed by atoms with Crippen LogP contribution in [-0.2, 0) is 0 Å². The summed E-state index contributed by atoms with van der Waals surface area (Å²) in [6.45, 7) is 7.04. The Kier molecular flexibility index (Phi) is 4.49. The van der Waals surface area contributed by atoms with Gasteiger partial charge in [0, 0.05) is 5.56 Å². The molecule has 0 aliphatic carbocycles. The van der Waals surface area contributed by atoms with Gasteiger partial charge in [-0.25, -0.2) is 8.78 Å². The molecule has 0 amide bonds. The summed E-state index contributed by atoms with van der Waals surface area (Å²) in [5.41, 5.74) is 0.582.